The number of nitrogens with zero attached hydrogens (tertiary/aromatic N) is 3. The summed E-state index contributed by atoms with van der Waals surface area (Å²) >= 11 is 0. The zero-order valence-corrected chi connectivity index (χ0v) is 11.1. The lowest BCUT2D eigenvalue weighted by Gasteiger charge is -2.42. The van der Waals surface area contributed by atoms with Gasteiger partial charge in [0.1, 0.15) is 11.5 Å². The normalized spacial score (nSPS) is 25.2. The van der Waals surface area contributed by atoms with Crippen LogP contribution in [0, 0.1) is 0 Å². The van der Waals surface area contributed by atoms with Gasteiger partial charge in [0, 0.05) is 25.2 Å². The fraction of sp³-hybridized carbons (Fsp3) is 0.538. The molecule has 0 saturated carbocycles. The molecule has 5 nitrogen and oxygen atoms in total. The van der Waals surface area contributed by atoms with E-state index >= 15 is 0 Å². The number of likely N-dealkylation sites (N-methyl/N-ethyl adjacent to an activating group) is 1. The van der Waals surface area contributed by atoms with Crippen LogP contribution >= 0.6 is 0 Å². The van der Waals surface area contributed by atoms with Gasteiger partial charge in [0.15, 0.2) is 0 Å². The Labute approximate surface area is 108 Å². The first kappa shape index (κ1) is 12.8. The molecule has 5 heteroatoms. The second-order valence-electron chi connectivity index (χ2n) is 5.02. The minimum absolute atomic E-state index is 0.0332. The van der Waals surface area contributed by atoms with Gasteiger partial charge in [0.05, 0.1) is 0 Å². The lowest BCUT2D eigenvalue weighted by Crippen LogP contribution is -2.56. The maximum atomic E-state index is 12.3. The van der Waals surface area contributed by atoms with Crippen LogP contribution in [0.15, 0.2) is 18.2 Å². The van der Waals surface area contributed by atoms with Crippen LogP contribution in [0.25, 0.3) is 0 Å². The third-order valence-electron chi connectivity index (χ3n) is 3.64. The maximum Gasteiger partial charge on any atom is 0.272 e. The number of nitrogen functional groups attached to an aromatic ring is 1. The molecule has 1 saturated heterocycles. The molecule has 2 rings (SSSR count). The first-order chi connectivity index (χ1) is 8.49. The number of anilines is 1. The van der Waals surface area contributed by atoms with Crippen molar-refractivity contribution >= 4 is 11.7 Å². The molecule has 0 aliphatic carbocycles. The topological polar surface area (TPSA) is 62.5 Å². The highest BCUT2D eigenvalue weighted by atomic mass is 16.2. The van der Waals surface area contributed by atoms with Gasteiger partial charge in [-0.15, -0.1) is 0 Å². The molecule has 1 fully saturated rings. The number of nitrogens with two attached hydrogens (primary N) is 1. The predicted molar refractivity (Wildman–Crippen MR) is 71.2 cm³/mol. The summed E-state index contributed by atoms with van der Waals surface area (Å²) in [5.41, 5.74) is 6.04. The van der Waals surface area contributed by atoms with Gasteiger partial charge in [0.2, 0.25) is 0 Å². The molecule has 0 spiro atoms. The molecule has 18 heavy (non-hydrogen) atoms. The number of hydrogen-bond acceptors (Lipinski definition) is 4. The van der Waals surface area contributed by atoms with Crippen molar-refractivity contribution in [3.8, 4) is 0 Å². The lowest BCUT2D eigenvalue weighted by molar-refractivity contribution is 0.0409. The first-order valence-corrected chi connectivity index (χ1v) is 6.22. The Hall–Kier alpha value is -1.62. The zero-order chi connectivity index (χ0) is 13.3. The van der Waals surface area contributed by atoms with Gasteiger partial charge in [-0.25, -0.2) is 4.98 Å². The quantitative estimate of drug-likeness (QED) is 0.799. The summed E-state index contributed by atoms with van der Waals surface area (Å²) in [5.74, 6) is 0.352. The van der Waals surface area contributed by atoms with Crippen LogP contribution in [0.3, 0.4) is 0 Å². The van der Waals surface area contributed by atoms with Crippen molar-refractivity contribution in [3.63, 3.8) is 0 Å². The van der Waals surface area contributed by atoms with Gasteiger partial charge in [-0.3, -0.25) is 9.69 Å². The van der Waals surface area contributed by atoms with E-state index in [1.54, 1.807) is 18.2 Å². The molecule has 2 N–H and O–H groups in total. The molecule has 1 aliphatic heterocycles. The van der Waals surface area contributed by atoms with E-state index in [4.69, 9.17) is 5.73 Å². The molecule has 0 radical (unpaired) electrons. The summed E-state index contributed by atoms with van der Waals surface area (Å²) in [6, 6.07) is 5.88. The lowest BCUT2D eigenvalue weighted by atomic mass is 10.1. The van der Waals surface area contributed by atoms with Gasteiger partial charge in [-0.05, 0) is 33.0 Å². The SMILES string of the molecule is CC1CN(C(=O)c2cccc(N)n2)CC(C)N1C. The van der Waals surface area contributed by atoms with Gasteiger partial charge in [-0.2, -0.15) is 0 Å². The van der Waals surface area contributed by atoms with E-state index in [2.05, 4.69) is 30.8 Å². The first-order valence-electron chi connectivity index (χ1n) is 6.22. The van der Waals surface area contributed by atoms with E-state index in [0.29, 0.717) is 23.6 Å². The number of aromatic nitrogens is 1. The van der Waals surface area contributed by atoms with Crippen molar-refractivity contribution in [1.29, 1.82) is 0 Å². The molecule has 98 valence electrons. The van der Waals surface area contributed by atoms with Crippen molar-refractivity contribution in [2.45, 2.75) is 25.9 Å². The molecule has 2 heterocycles. The summed E-state index contributed by atoms with van der Waals surface area (Å²) in [7, 11) is 2.09. The average molecular weight is 248 g/mol. The van der Waals surface area contributed by atoms with E-state index in [-0.39, 0.29) is 5.91 Å². The Bertz CT molecular complexity index is 436. The Balaban J connectivity index is 2.15. The van der Waals surface area contributed by atoms with Crippen molar-refractivity contribution < 1.29 is 4.79 Å². The van der Waals surface area contributed by atoms with Crippen LogP contribution < -0.4 is 5.73 Å². The Morgan fingerprint density at radius 3 is 2.50 bits per heavy atom. The molecule has 0 bridgehead atoms. The second-order valence-corrected chi connectivity index (χ2v) is 5.02. The number of carbonyl (C=O) groups excluding carboxylic acids is 1. The number of rotatable bonds is 1. The summed E-state index contributed by atoms with van der Waals surface area (Å²) in [4.78, 5) is 20.6. The van der Waals surface area contributed by atoms with Crippen molar-refractivity contribution in [1.82, 2.24) is 14.8 Å². The Kier molecular flexibility index (Phi) is 3.52. The van der Waals surface area contributed by atoms with Crippen LogP contribution in [0.5, 0.6) is 0 Å². The van der Waals surface area contributed by atoms with E-state index in [1.165, 1.54) is 0 Å². The van der Waals surface area contributed by atoms with Crippen molar-refractivity contribution in [2.24, 2.45) is 0 Å². The van der Waals surface area contributed by atoms with E-state index in [1.807, 2.05) is 4.90 Å². The highest BCUT2D eigenvalue weighted by molar-refractivity contribution is 5.92. The van der Waals surface area contributed by atoms with Crippen LogP contribution in [0.4, 0.5) is 5.82 Å². The van der Waals surface area contributed by atoms with Crippen LogP contribution in [0.1, 0.15) is 24.3 Å². The molecule has 1 amide bonds. The molecule has 0 aromatic carbocycles. The summed E-state index contributed by atoms with van der Waals surface area (Å²) in [5, 5.41) is 0. The number of piperazine rings is 1. The molecule has 1 aliphatic rings. The van der Waals surface area contributed by atoms with Gasteiger partial charge in [-0.1, -0.05) is 6.07 Å². The minimum Gasteiger partial charge on any atom is -0.384 e. The van der Waals surface area contributed by atoms with Crippen LogP contribution in [-0.2, 0) is 0 Å². The van der Waals surface area contributed by atoms with E-state index in [0.717, 1.165) is 13.1 Å². The van der Waals surface area contributed by atoms with Gasteiger partial charge < -0.3 is 10.6 Å². The Morgan fingerprint density at radius 2 is 1.94 bits per heavy atom. The fourth-order valence-electron chi connectivity index (χ4n) is 2.30. The molecule has 1 aromatic heterocycles. The summed E-state index contributed by atoms with van der Waals surface area (Å²) < 4.78 is 0. The van der Waals surface area contributed by atoms with E-state index in [9.17, 15) is 4.79 Å². The predicted octanol–water partition coefficient (Wildman–Crippen LogP) is 0.828. The largest absolute Gasteiger partial charge is 0.384 e. The number of pyridine rings is 1. The maximum absolute atomic E-state index is 12.3. The number of carbonyl (C=O) groups is 1. The van der Waals surface area contributed by atoms with Crippen LogP contribution in [-0.4, -0.2) is 52.9 Å². The molecular weight excluding hydrogens is 228 g/mol. The number of amides is 1. The zero-order valence-electron chi connectivity index (χ0n) is 11.1. The third kappa shape index (κ3) is 2.46. The fourth-order valence-corrected chi connectivity index (χ4v) is 2.30. The highest BCUT2D eigenvalue weighted by Crippen LogP contribution is 2.15. The van der Waals surface area contributed by atoms with Crippen molar-refractivity contribution in [2.75, 3.05) is 25.9 Å². The Morgan fingerprint density at radius 1 is 1.33 bits per heavy atom. The molecule has 1 aromatic rings. The van der Waals surface area contributed by atoms with Crippen molar-refractivity contribution in [3.05, 3.63) is 23.9 Å². The summed E-state index contributed by atoms with van der Waals surface area (Å²) in [6.45, 7) is 5.72. The summed E-state index contributed by atoms with van der Waals surface area (Å²) in [6.07, 6.45) is 0. The smallest absolute Gasteiger partial charge is 0.272 e. The third-order valence-corrected chi connectivity index (χ3v) is 3.64. The highest BCUT2D eigenvalue weighted by Gasteiger charge is 2.30. The second kappa shape index (κ2) is 4.94. The van der Waals surface area contributed by atoms with Gasteiger partial charge in [0.25, 0.3) is 5.91 Å². The monoisotopic (exact) mass is 248 g/mol. The van der Waals surface area contributed by atoms with Gasteiger partial charge >= 0.3 is 0 Å². The minimum atomic E-state index is -0.0332. The van der Waals surface area contributed by atoms with Crippen LogP contribution in [0.2, 0.25) is 0 Å². The molecule has 2 unspecified atom stereocenters. The standard InChI is InChI=1S/C13H20N4O/c1-9-7-17(8-10(2)16(9)3)13(18)11-5-4-6-12(14)15-11/h4-6,9-10H,7-8H2,1-3H3,(H2,14,15). The average Bonchev–Trinajstić information content (AvgIpc) is 2.34. The molecular formula is C13H20N4O. The number of hydrogen-bond donors (Lipinski definition) is 1. The molecule has 2 atom stereocenters. The van der Waals surface area contributed by atoms with E-state index < -0.39 is 0 Å².